The highest BCUT2D eigenvalue weighted by Crippen LogP contribution is 2.14. The number of nitrogens with one attached hydrogen (secondary N) is 2. The SMILES string of the molecule is CNC(C)CNc1ccc2ccccc2n1. The van der Waals surface area contributed by atoms with Crippen LogP contribution in [-0.2, 0) is 0 Å². The quantitative estimate of drug-likeness (QED) is 0.821. The van der Waals surface area contributed by atoms with Gasteiger partial charge in [0.15, 0.2) is 0 Å². The molecule has 0 saturated carbocycles. The summed E-state index contributed by atoms with van der Waals surface area (Å²) in [4.78, 5) is 4.54. The van der Waals surface area contributed by atoms with Gasteiger partial charge in [0.25, 0.3) is 0 Å². The van der Waals surface area contributed by atoms with Crippen LogP contribution >= 0.6 is 0 Å². The van der Waals surface area contributed by atoms with Crippen LogP contribution in [-0.4, -0.2) is 24.6 Å². The number of aromatic nitrogens is 1. The second kappa shape index (κ2) is 4.94. The molecule has 0 amide bonds. The molecule has 1 aromatic heterocycles. The summed E-state index contributed by atoms with van der Waals surface area (Å²) in [5.41, 5.74) is 1.03. The van der Waals surface area contributed by atoms with Crippen molar-refractivity contribution >= 4 is 16.7 Å². The van der Waals surface area contributed by atoms with Crippen LogP contribution in [0.25, 0.3) is 10.9 Å². The van der Waals surface area contributed by atoms with Gasteiger partial charge in [0.1, 0.15) is 5.82 Å². The fraction of sp³-hybridized carbons (Fsp3) is 0.308. The Morgan fingerprint density at radius 3 is 2.81 bits per heavy atom. The molecular weight excluding hydrogens is 198 g/mol. The summed E-state index contributed by atoms with van der Waals surface area (Å²) in [5, 5.41) is 7.67. The van der Waals surface area contributed by atoms with Gasteiger partial charge in [0.2, 0.25) is 0 Å². The highest BCUT2D eigenvalue weighted by atomic mass is 15.0. The maximum atomic E-state index is 4.54. The topological polar surface area (TPSA) is 37.0 Å². The van der Waals surface area contributed by atoms with E-state index in [1.807, 2.05) is 31.3 Å². The van der Waals surface area contributed by atoms with Gasteiger partial charge >= 0.3 is 0 Å². The molecule has 1 heterocycles. The van der Waals surface area contributed by atoms with Gasteiger partial charge in [-0.3, -0.25) is 0 Å². The van der Waals surface area contributed by atoms with Gasteiger partial charge in [-0.15, -0.1) is 0 Å². The molecule has 16 heavy (non-hydrogen) atoms. The summed E-state index contributed by atoms with van der Waals surface area (Å²) >= 11 is 0. The molecule has 1 aromatic carbocycles. The van der Waals surface area contributed by atoms with Crippen LogP contribution in [0.3, 0.4) is 0 Å². The summed E-state index contributed by atoms with van der Waals surface area (Å²) in [6.07, 6.45) is 0. The molecule has 0 radical (unpaired) electrons. The Labute approximate surface area is 95.9 Å². The maximum absolute atomic E-state index is 4.54. The van der Waals surface area contributed by atoms with Crippen LogP contribution in [0.15, 0.2) is 36.4 Å². The second-order valence-corrected chi connectivity index (χ2v) is 3.96. The van der Waals surface area contributed by atoms with Crippen LogP contribution in [0.2, 0.25) is 0 Å². The summed E-state index contributed by atoms with van der Waals surface area (Å²) < 4.78 is 0. The molecule has 1 unspecified atom stereocenters. The number of anilines is 1. The van der Waals surface area contributed by atoms with Crippen LogP contribution in [0.4, 0.5) is 5.82 Å². The highest BCUT2D eigenvalue weighted by Gasteiger charge is 1.99. The van der Waals surface area contributed by atoms with Gasteiger partial charge in [-0.25, -0.2) is 4.98 Å². The average Bonchev–Trinajstić information content (AvgIpc) is 2.35. The van der Waals surface area contributed by atoms with Crippen molar-refractivity contribution in [3.63, 3.8) is 0 Å². The number of fused-ring (bicyclic) bond motifs is 1. The third kappa shape index (κ3) is 2.49. The normalized spacial score (nSPS) is 12.6. The number of hydrogen-bond acceptors (Lipinski definition) is 3. The zero-order valence-corrected chi connectivity index (χ0v) is 9.70. The van der Waals surface area contributed by atoms with Gasteiger partial charge in [0.05, 0.1) is 5.52 Å². The van der Waals surface area contributed by atoms with E-state index in [0.717, 1.165) is 17.9 Å². The van der Waals surface area contributed by atoms with E-state index in [1.165, 1.54) is 5.39 Å². The molecule has 1 atom stereocenters. The van der Waals surface area contributed by atoms with Crippen LogP contribution in [0, 0.1) is 0 Å². The van der Waals surface area contributed by atoms with E-state index in [1.54, 1.807) is 0 Å². The van der Waals surface area contributed by atoms with Crippen LogP contribution in [0.5, 0.6) is 0 Å². The molecule has 2 aromatic rings. The number of benzene rings is 1. The minimum absolute atomic E-state index is 0.438. The van der Waals surface area contributed by atoms with E-state index in [9.17, 15) is 0 Å². The van der Waals surface area contributed by atoms with Gasteiger partial charge in [-0.05, 0) is 32.2 Å². The molecule has 0 spiro atoms. The van der Waals surface area contributed by atoms with E-state index in [0.29, 0.717) is 6.04 Å². The lowest BCUT2D eigenvalue weighted by molar-refractivity contribution is 0.637. The van der Waals surface area contributed by atoms with Crippen molar-refractivity contribution in [2.24, 2.45) is 0 Å². The maximum Gasteiger partial charge on any atom is 0.126 e. The molecular formula is C13H17N3. The zero-order chi connectivity index (χ0) is 11.4. The number of hydrogen-bond donors (Lipinski definition) is 2. The zero-order valence-electron chi connectivity index (χ0n) is 9.70. The first-order valence-electron chi connectivity index (χ1n) is 5.56. The summed E-state index contributed by atoms with van der Waals surface area (Å²) in [5.74, 6) is 0.931. The Balaban J connectivity index is 2.13. The number of likely N-dealkylation sites (N-methyl/N-ethyl adjacent to an activating group) is 1. The molecule has 0 bridgehead atoms. The molecule has 2 rings (SSSR count). The van der Waals surface area contributed by atoms with Gasteiger partial charge in [-0.2, -0.15) is 0 Å². The summed E-state index contributed by atoms with van der Waals surface area (Å²) in [7, 11) is 1.96. The molecule has 3 heteroatoms. The van der Waals surface area contributed by atoms with Crippen molar-refractivity contribution in [1.29, 1.82) is 0 Å². The first kappa shape index (κ1) is 10.9. The van der Waals surface area contributed by atoms with Crippen molar-refractivity contribution in [3.8, 4) is 0 Å². The minimum Gasteiger partial charge on any atom is -0.369 e. The fourth-order valence-corrected chi connectivity index (χ4v) is 1.52. The van der Waals surface area contributed by atoms with Crippen molar-refractivity contribution in [2.75, 3.05) is 18.9 Å². The number of para-hydroxylation sites is 1. The van der Waals surface area contributed by atoms with Gasteiger partial charge < -0.3 is 10.6 Å². The lowest BCUT2D eigenvalue weighted by Gasteiger charge is -2.12. The van der Waals surface area contributed by atoms with E-state index in [-0.39, 0.29) is 0 Å². The fourth-order valence-electron chi connectivity index (χ4n) is 1.52. The monoisotopic (exact) mass is 215 g/mol. The van der Waals surface area contributed by atoms with E-state index < -0.39 is 0 Å². The highest BCUT2D eigenvalue weighted by molar-refractivity contribution is 5.79. The lowest BCUT2D eigenvalue weighted by Crippen LogP contribution is -2.29. The summed E-state index contributed by atoms with van der Waals surface area (Å²) in [6.45, 7) is 3.01. The van der Waals surface area contributed by atoms with Crippen molar-refractivity contribution < 1.29 is 0 Å². The molecule has 0 aliphatic carbocycles. The van der Waals surface area contributed by atoms with Crippen molar-refractivity contribution in [3.05, 3.63) is 36.4 Å². The van der Waals surface area contributed by atoms with Crippen molar-refractivity contribution in [1.82, 2.24) is 10.3 Å². The predicted molar refractivity (Wildman–Crippen MR) is 68.8 cm³/mol. The van der Waals surface area contributed by atoms with Gasteiger partial charge in [0, 0.05) is 18.0 Å². The van der Waals surface area contributed by atoms with Crippen LogP contribution in [0.1, 0.15) is 6.92 Å². The standard InChI is InChI=1S/C13H17N3/c1-10(14-2)9-15-13-8-7-11-5-3-4-6-12(11)16-13/h3-8,10,14H,9H2,1-2H3,(H,15,16). The Morgan fingerprint density at radius 1 is 1.19 bits per heavy atom. The third-order valence-corrected chi connectivity index (χ3v) is 2.68. The summed E-state index contributed by atoms with van der Waals surface area (Å²) in [6, 6.07) is 12.7. The molecule has 0 aliphatic rings. The first-order valence-corrected chi connectivity index (χ1v) is 5.56. The molecule has 2 N–H and O–H groups in total. The Hall–Kier alpha value is -1.61. The van der Waals surface area contributed by atoms with Gasteiger partial charge in [-0.1, -0.05) is 18.2 Å². The molecule has 0 fully saturated rings. The second-order valence-electron chi connectivity index (χ2n) is 3.96. The molecule has 0 aliphatic heterocycles. The van der Waals surface area contributed by atoms with Crippen molar-refractivity contribution in [2.45, 2.75) is 13.0 Å². The Morgan fingerprint density at radius 2 is 2.00 bits per heavy atom. The average molecular weight is 215 g/mol. The lowest BCUT2D eigenvalue weighted by atomic mass is 10.2. The largest absolute Gasteiger partial charge is 0.369 e. The van der Waals surface area contributed by atoms with E-state index in [4.69, 9.17) is 0 Å². The van der Waals surface area contributed by atoms with E-state index in [2.05, 4.69) is 34.7 Å². The smallest absolute Gasteiger partial charge is 0.126 e. The first-order chi connectivity index (χ1) is 7.79. The molecule has 0 saturated heterocycles. The number of nitrogens with zero attached hydrogens (tertiary/aromatic N) is 1. The third-order valence-electron chi connectivity index (χ3n) is 2.68. The molecule has 3 nitrogen and oxygen atoms in total. The van der Waals surface area contributed by atoms with Crippen LogP contribution < -0.4 is 10.6 Å². The van der Waals surface area contributed by atoms with E-state index >= 15 is 0 Å². The Kier molecular flexibility index (Phi) is 3.37. The minimum atomic E-state index is 0.438. The predicted octanol–water partition coefficient (Wildman–Crippen LogP) is 2.25. The molecule has 84 valence electrons. The Bertz CT molecular complexity index is 467. The number of pyridine rings is 1. The number of rotatable bonds is 4.